The highest BCUT2D eigenvalue weighted by atomic mass is 15.1. The summed E-state index contributed by atoms with van der Waals surface area (Å²) in [5.74, 6) is 6.86. The van der Waals surface area contributed by atoms with Crippen molar-refractivity contribution in [3.63, 3.8) is 0 Å². The van der Waals surface area contributed by atoms with Crippen LogP contribution < -0.4 is 4.90 Å². The van der Waals surface area contributed by atoms with E-state index in [0.29, 0.717) is 0 Å². The number of hydrogen-bond donors (Lipinski definition) is 0. The first-order valence-electron chi connectivity index (χ1n) is 21.9. The van der Waals surface area contributed by atoms with Crippen LogP contribution in [0.15, 0.2) is 127 Å². The molecule has 0 N–H and O–H groups in total. The zero-order chi connectivity index (χ0) is 35.6. The van der Waals surface area contributed by atoms with Crippen molar-refractivity contribution in [1.82, 2.24) is 0 Å². The number of nitrogens with zero attached hydrogens (tertiary/aromatic N) is 1. The normalized spacial score (nSPS) is 34.7. The Kier molecular flexibility index (Phi) is 5.90. The fraction of sp³-hybridized carbons (Fsp3) is 0.370. The summed E-state index contributed by atoms with van der Waals surface area (Å²) in [6.07, 6.45) is 14.3. The molecule has 1 nitrogen and oxygen atoms in total. The van der Waals surface area contributed by atoms with Crippen molar-refractivity contribution in [1.29, 1.82) is 0 Å². The van der Waals surface area contributed by atoms with Crippen LogP contribution in [0.1, 0.15) is 86.5 Å². The molecule has 0 heterocycles. The fourth-order valence-electron chi connectivity index (χ4n) is 16.3. The number of benzene rings is 6. The molecule has 0 amide bonds. The first-order chi connectivity index (χ1) is 27.2. The molecule has 8 bridgehead atoms. The SMILES string of the molecule is c1ccc2c(c1)-c1cc(N(c3ccc4c(c3)C3(c5ccccc5-4)C4CC5CC(C4)CC3C5)c3ccc4ccccc4c3)ccc1C21C2CC3CC(C2)CC1C3. The van der Waals surface area contributed by atoms with Gasteiger partial charge in [0, 0.05) is 27.9 Å². The zero-order valence-corrected chi connectivity index (χ0v) is 31.8. The minimum atomic E-state index is 0.146. The van der Waals surface area contributed by atoms with Crippen molar-refractivity contribution in [3.05, 3.63) is 150 Å². The van der Waals surface area contributed by atoms with Crippen LogP contribution in [0.2, 0.25) is 0 Å². The lowest BCUT2D eigenvalue weighted by molar-refractivity contribution is -0.0399. The molecular weight excluding hydrogens is 663 g/mol. The van der Waals surface area contributed by atoms with Crippen LogP contribution in [0.4, 0.5) is 17.1 Å². The van der Waals surface area contributed by atoms with Crippen molar-refractivity contribution in [3.8, 4) is 22.3 Å². The average Bonchev–Trinajstić information content (AvgIpc) is 3.66. The minimum absolute atomic E-state index is 0.146. The first kappa shape index (κ1) is 30.6. The molecule has 0 saturated heterocycles. The third kappa shape index (κ3) is 3.77. The molecule has 16 rings (SSSR count). The molecule has 8 fully saturated rings. The van der Waals surface area contributed by atoms with Gasteiger partial charge >= 0.3 is 0 Å². The lowest BCUT2D eigenvalue weighted by Gasteiger charge is -2.61. The second-order valence-corrected chi connectivity index (χ2v) is 19.8. The molecule has 6 aromatic carbocycles. The van der Waals surface area contributed by atoms with Crippen LogP contribution in [0.5, 0.6) is 0 Å². The maximum atomic E-state index is 2.69. The summed E-state index contributed by atoms with van der Waals surface area (Å²) >= 11 is 0. The summed E-state index contributed by atoms with van der Waals surface area (Å²) in [6.45, 7) is 0. The summed E-state index contributed by atoms with van der Waals surface area (Å²) in [4.78, 5) is 2.63. The highest BCUT2D eigenvalue weighted by Crippen LogP contribution is 2.71. The Morgan fingerprint density at radius 1 is 0.327 bits per heavy atom. The monoisotopic (exact) mass is 711 g/mol. The third-order valence-corrected chi connectivity index (χ3v) is 17.6. The Morgan fingerprint density at radius 3 is 1.40 bits per heavy atom. The standard InChI is InChI=1S/C54H49N/c1-2-8-37-29-42(14-13-36(37)7-1)55(43-16-18-51-48(30-43)46-10-4-6-12-50(46)53(51)38-21-32-19-33(23-38)24-39(53)22-32)44-15-17-47-45-9-3-5-11-49(45)54(52(47)31-44)40-25-34-20-35(27-40)28-41(54)26-34/h1-18,29-35,38-41H,19-28H2. The Labute approximate surface area is 325 Å². The van der Waals surface area contributed by atoms with Gasteiger partial charge in [-0.1, -0.05) is 91.0 Å². The Balaban J connectivity index is 0.982. The van der Waals surface area contributed by atoms with Gasteiger partial charge in [0.05, 0.1) is 0 Å². The number of rotatable bonds is 3. The highest BCUT2D eigenvalue weighted by molar-refractivity contribution is 5.93. The van der Waals surface area contributed by atoms with E-state index in [9.17, 15) is 0 Å². The molecule has 0 aromatic heterocycles. The molecule has 55 heavy (non-hydrogen) atoms. The first-order valence-corrected chi connectivity index (χ1v) is 21.9. The van der Waals surface area contributed by atoms with Gasteiger partial charge in [0.1, 0.15) is 0 Å². The summed E-state index contributed by atoms with van der Waals surface area (Å²) in [6, 6.07) is 50.7. The van der Waals surface area contributed by atoms with Gasteiger partial charge in [-0.15, -0.1) is 0 Å². The summed E-state index contributed by atoms with van der Waals surface area (Å²) in [5, 5.41) is 2.60. The van der Waals surface area contributed by atoms with E-state index < -0.39 is 0 Å². The lowest BCUT2D eigenvalue weighted by atomic mass is 9.43. The van der Waals surface area contributed by atoms with Crippen LogP contribution in [0.25, 0.3) is 33.0 Å². The highest BCUT2D eigenvalue weighted by Gasteiger charge is 2.63. The van der Waals surface area contributed by atoms with E-state index in [1.165, 1.54) is 114 Å². The Morgan fingerprint density at radius 2 is 0.764 bits per heavy atom. The maximum Gasteiger partial charge on any atom is 0.0468 e. The molecule has 10 aliphatic rings. The second kappa shape index (κ2) is 10.6. The predicted molar refractivity (Wildman–Crippen MR) is 225 cm³/mol. The van der Waals surface area contributed by atoms with Crippen LogP contribution in [0.3, 0.4) is 0 Å². The quantitative estimate of drug-likeness (QED) is 0.177. The van der Waals surface area contributed by atoms with Gasteiger partial charge < -0.3 is 4.90 Å². The average molecular weight is 712 g/mol. The van der Waals surface area contributed by atoms with Gasteiger partial charge in [-0.3, -0.25) is 0 Å². The summed E-state index contributed by atoms with van der Waals surface area (Å²) in [5.41, 5.74) is 16.8. The van der Waals surface area contributed by atoms with E-state index >= 15 is 0 Å². The Hall–Kier alpha value is -4.62. The molecule has 0 atom stereocenters. The largest absolute Gasteiger partial charge is 0.310 e. The van der Waals surface area contributed by atoms with Gasteiger partial charge in [0.25, 0.3) is 0 Å². The summed E-state index contributed by atoms with van der Waals surface area (Å²) in [7, 11) is 0. The van der Waals surface area contributed by atoms with Crippen molar-refractivity contribution < 1.29 is 0 Å². The van der Waals surface area contributed by atoms with E-state index in [-0.39, 0.29) is 10.8 Å². The minimum Gasteiger partial charge on any atom is -0.310 e. The topological polar surface area (TPSA) is 3.24 Å². The van der Waals surface area contributed by atoms with Crippen molar-refractivity contribution in [2.75, 3.05) is 4.90 Å². The Bertz CT molecular complexity index is 2550. The van der Waals surface area contributed by atoms with Gasteiger partial charge in [-0.05, 0) is 203 Å². The molecule has 2 spiro atoms. The third-order valence-electron chi connectivity index (χ3n) is 17.6. The van der Waals surface area contributed by atoms with Gasteiger partial charge in [0.15, 0.2) is 0 Å². The molecule has 10 aliphatic carbocycles. The molecule has 8 saturated carbocycles. The number of hydrogen-bond acceptors (Lipinski definition) is 1. The van der Waals surface area contributed by atoms with E-state index in [1.54, 1.807) is 22.3 Å². The molecule has 270 valence electrons. The molecule has 6 aromatic rings. The van der Waals surface area contributed by atoms with E-state index in [1.807, 2.05) is 0 Å². The molecule has 0 radical (unpaired) electrons. The van der Waals surface area contributed by atoms with Crippen molar-refractivity contribution >= 4 is 27.8 Å². The zero-order valence-electron chi connectivity index (χ0n) is 31.8. The van der Waals surface area contributed by atoms with Gasteiger partial charge in [-0.2, -0.15) is 0 Å². The van der Waals surface area contributed by atoms with Crippen LogP contribution >= 0.6 is 0 Å². The van der Waals surface area contributed by atoms with Gasteiger partial charge in [0.2, 0.25) is 0 Å². The molecular formula is C54H49N. The second-order valence-electron chi connectivity index (χ2n) is 19.8. The van der Waals surface area contributed by atoms with Crippen LogP contribution in [-0.4, -0.2) is 0 Å². The van der Waals surface area contributed by atoms with Gasteiger partial charge in [-0.25, -0.2) is 0 Å². The molecule has 1 heteroatoms. The molecule has 0 aliphatic heterocycles. The fourth-order valence-corrected chi connectivity index (χ4v) is 16.3. The van der Waals surface area contributed by atoms with E-state index in [0.717, 1.165) is 47.3 Å². The summed E-state index contributed by atoms with van der Waals surface area (Å²) < 4.78 is 0. The maximum absolute atomic E-state index is 2.69. The smallest absolute Gasteiger partial charge is 0.0468 e. The predicted octanol–water partition coefficient (Wildman–Crippen LogP) is 13.8. The lowest BCUT2D eigenvalue weighted by Crippen LogP contribution is -2.55. The van der Waals surface area contributed by atoms with Crippen LogP contribution in [-0.2, 0) is 10.8 Å². The van der Waals surface area contributed by atoms with E-state index in [2.05, 4.69) is 132 Å². The van der Waals surface area contributed by atoms with Crippen molar-refractivity contribution in [2.45, 2.75) is 75.0 Å². The van der Waals surface area contributed by atoms with Crippen molar-refractivity contribution in [2.24, 2.45) is 47.3 Å². The number of anilines is 3. The van der Waals surface area contributed by atoms with E-state index in [4.69, 9.17) is 0 Å². The molecule has 0 unspecified atom stereocenters. The number of fused-ring (bicyclic) bond motifs is 7. The van der Waals surface area contributed by atoms with Crippen LogP contribution in [0, 0.1) is 47.3 Å².